The molecule has 126 valence electrons. The monoisotopic (exact) mass is 338 g/mol. The van der Waals surface area contributed by atoms with Crippen LogP contribution in [0, 0.1) is 0 Å². The summed E-state index contributed by atoms with van der Waals surface area (Å²) in [5, 5.41) is 16.9. The van der Waals surface area contributed by atoms with Crippen molar-refractivity contribution >= 4 is 11.9 Å². The Balaban J connectivity index is 1.83. The number of nitrogens with zero attached hydrogens (tertiary/aromatic N) is 4. The minimum atomic E-state index is -2.96. The van der Waals surface area contributed by atoms with E-state index in [1.54, 1.807) is 4.57 Å². The van der Waals surface area contributed by atoms with Crippen LogP contribution in [0.15, 0.2) is 30.6 Å². The molecule has 0 radical (unpaired) electrons. The van der Waals surface area contributed by atoms with Gasteiger partial charge < -0.3 is 19.3 Å². The molecule has 0 spiro atoms. The predicted octanol–water partition coefficient (Wildman–Crippen LogP) is 0.989. The third kappa shape index (κ3) is 3.03. The quantitative estimate of drug-likeness (QED) is 0.893. The number of carbonyl (C=O) groups excluding carboxylic acids is 1. The summed E-state index contributed by atoms with van der Waals surface area (Å²) in [5.41, 5.74) is 0.163. The highest BCUT2D eigenvalue weighted by atomic mass is 19.3. The number of amides is 1. The molecule has 24 heavy (non-hydrogen) atoms. The number of aliphatic carboxylic acids is 1. The average Bonchev–Trinajstić information content (AvgIpc) is 3.00. The van der Waals surface area contributed by atoms with Gasteiger partial charge in [0, 0.05) is 5.56 Å². The summed E-state index contributed by atoms with van der Waals surface area (Å²) < 4.78 is 30.1. The van der Waals surface area contributed by atoms with Gasteiger partial charge in [-0.2, -0.15) is 8.78 Å². The smallest absolute Gasteiger partial charge is 0.387 e. The molecule has 0 aliphatic carbocycles. The predicted molar refractivity (Wildman–Crippen MR) is 74.4 cm³/mol. The van der Waals surface area contributed by atoms with Gasteiger partial charge in [0.25, 0.3) is 5.91 Å². The van der Waals surface area contributed by atoms with Crippen molar-refractivity contribution in [1.29, 1.82) is 0 Å². The molecule has 1 aromatic carbocycles. The van der Waals surface area contributed by atoms with Gasteiger partial charge in [0.15, 0.2) is 5.82 Å². The minimum absolute atomic E-state index is 0.00884. The standard InChI is InChI=1S/C14H12F2N4O4/c15-14(16)24-9-3-1-8(2-4-9)12(21)20-6-11-18-17-7-19(11)5-10(20)13(22)23/h1-4,7,10,14H,5-6H2,(H,22,23). The molecule has 0 saturated heterocycles. The van der Waals surface area contributed by atoms with Crippen LogP contribution < -0.4 is 4.74 Å². The van der Waals surface area contributed by atoms with E-state index in [1.807, 2.05) is 0 Å². The van der Waals surface area contributed by atoms with Crippen molar-refractivity contribution in [3.63, 3.8) is 0 Å². The summed E-state index contributed by atoms with van der Waals surface area (Å²) in [7, 11) is 0. The average molecular weight is 338 g/mol. The number of hydrogen-bond donors (Lipinski definition) is 1. The van der Waals surface area contributed by atoms with Crippen LogP contribution in [0.2, 0.25) is 0 Å². The third-order valence-electron chi connectivity index (χ3n) is 3.63. The molecule has 1 aliphatic rings. The lowest BCUT2D eigenvalue weighted by atomic mass is 10.1. The molecular formula is C14H12F2N4O4. The summed E-state index contributed by atoms with van der Waals surface area (Å²) >= 11 is 0. The van der Waals surface area contributed by atoms with Gasteiger partial charge in [-0.3, -0.25) is 4.79 Å². The second-order valence-electron chi connectivity index (χ2n) is 5.09. The Morgan fingerprint density at radius 2 is 2.00 bits per heavy atom. The van der Waals surface area contributed by atoms with Crippen LogP contribution in [0.1, 0.15) is 16.2 Å². The highest BCUT2D eigenvalue weighted by molar-refractivity contribution is 5.96. The first-order chi connectivity index (χ1) is 11.5. The second-order valence-corrected chi connectivity index (χ2v) is 5.09. The number of hydrogen-bond acceptors (Lipinski definition) is 5. The maximum atomic E-state index is 12.6. The number of carbonyl (C=O) groups is 2. The number of benzene rings is 1. The Hall–Kier alpha value is -3.04. The Morgan fingerprint density at radius 1 is 1.29 bits per heavy atom. The van der Waals surface area contributed by atoms with Crippen LogP contribution >= 0.6 is 0 Å². The zero-order valence-electron chi connectivity index (χ0n) is 12.2. The van der Waals surface area contributed by atoms with Crippen molar-refractivity contribution in [2.45, 2.75) is 25.7 Å². The van der Waals surface area contributed by atoms with Crippen molar-refractivity contribution in [3.05, 3.63) is 42.0 Å². The Kier molecular flexibility index (Phi) is 4.11. The number of ether oxygens (including phenoxy) is 1. The van der Waals surface area contributed by atoms with Crippen LogP contribution in [-0.2, 0) is 17.9 Å². The van der Waals surface area contributed by atoms with Crippen LogP contribution in [0.25, 0.3) is 0 Å². The molecule has 10 heteroatoms. The fraction of sp³-hybridized carbons (Fsp3) is 0.286. The zero-order chi connectivity index (χ0) is 17.3. The maximum Gasteiger partial charge on any atom is 0.387 e. The molecule has 1 aromatic heterocycles. The molecule has 1 aliphatic heterocycles. The van der Waals surface area contributed by atoms with Gasteiger partial charge in [-0.15, -0.1) is 10.2 Å². The molecule has 0 fully saturated rings. The Morgan fingerprint density at radius 3 is 2.62 bits per heavy atom. The van der Waals surface area contributed by atoms with Gasteiger partial charge in [0.2, 0.25) is 0 Å². The lowest BCUT2D eigenvalue weighted by Gasteiger charge is -2.33. The van der Waals surface area contributed by atoms with Crippen LogP contribution in [0.3, 0.4) is 0 Å². The van der Waals surface area contributed by atoms with E-state index >= 15 is 0 Å². The molecule has 2 aromatic rings. The fourth-order valence-corrected chi connectivity index (χ4v) is 2.47. The molecule has 2 heterocycles. The van der Waals surface area contributed by atoms with Crippen molar-refractivity contribution in [3.8, 4) is 5.75 Å². The molecule has 3 rings (SSSR count). The van der Waals surface area contributed by atoms with Crippen molar-refractivity contribution < 1.29 is 28.2 Å². The molecule has 1 unspecified atom stereocenters. The maximum absolute atomic E-state index is 12.6. The summed E-state index contributed by atoms with van der Waals surface area (Å²) in [4.78, 5) is 25.2. The van der Waals surface area contributed by atoms with E-state index in [2.05, 4.69) is 14.9 Å². The van der Waals surface area contributed by atoms with Gasteiger partial charge >= 0.3 is 12.6 Å². The Bertz CT molecular complexity index is 762. The molecule has 0 saturated carbocycles. The molecule has 1 N–H and O–H groups in total. The zero-order valence-corrected chi connectivity index (χ0v) is 12.2. The van der Waals surface area contributed by atoms with E-state index < -0.39 is 24.5 Å². The second kappa shape index (κ2) is 6.22. The summed E-state index contributed by atoms with van der Waals surface area (Å²) in [6.07, 6.45) is 1.41. The lowest BCUT2D eigenvalue weighted by Crippen LogP contribution is -2.50. The van der Waals surface area contributed by atoms with Crippen molar-refractivity contribution in [2.75, 3.05) is 0 Å². The summed E-state index contributed by atoms with van der Waals surface area (Å²) in [6, 6.07) is 3.98. The van der Waals surface area contributed by atoms with Gasteiger partial charge in [-0.1, -0.05) is 0 Å². The molecule has 1 atom stereocenters. The summed E-state index contributed by atoms with van der Waals surface area (Å²) in [5.74, 6) is -1.31. The van der Waals surface area contributed by atoms with Crippen LogP contribution in [-0.4, -0.2) is 49.3 Å². The molecule has 8 nitrogen and oxygen atoms in total. The third-order valence-corrected chi connectivity index (χ3v) is 3.63. The number of aromatic nitrogens is 3. The number of halogens is 2. The minimum Gasteiger partial charge on any atom is -0.480 e. The van der Waals surface area contributed by atoms with Crippen LogP contribution in [0.4, 0.5) is 8.78 Å². The van der Waals surface area contributed by atoms with Gasteiger partial charge in [-0.25, -0.2) is 4.79 Å². The largest absolute Gasteiger partial charge is 0.480 e. The first kappa shape index (κ1) is 15.8. The van der Waals surface area contributed by atoms with E-state index in [0.717, 1.165) is 4.90 Å². The number of carboxylic acids is 1. The number of carboxylic acid groups (broad SMARTS) is 1. The first-order valence-electron chi connectivity index (χ1n) is 6.91. The van der Waals surface area contributed by atoms with Crippen molar-refractivity contribution in [1.82, 2.24) is 19.7 Å². The normalized spacial score (nSPS) is 16.8. The van der Waals surface area contributed by atoms with E-state index in [1.165, 1.54) is 30.6 Å². The van der Waals surface area contributed by atoms with Crippen LogP contribution in [0.5, 0.6) is 5.75 Å². The highest BCUT2D eigenvalue weighted by Crippen LogP contribution is 2.21. The number of fused-ring (bicyclic) bond motifs is 1. The van der Waals surface area contributed by atoms with E-state index in [4.69, 9.17) is 0 Å². The van der Waals surface area contributed by atoms with E-state index in [0.29, 0.717) is 5.82 Å². The first-order valence-corrected chi connectivity index (χ1v) is 6.91. The topological polar surface area (TPSA) is 97.5 Å². The van der Waals surface area contributed by atoms with Gasteiger partial charge in [0.1, 0.15) is 18.1 Å². The number of rotatable bonds is 4. The summed E-state index contributed by atoms with van der Waals surface area (Å²) in [6.45, 7) is -2.93. The van der Waals surface area contributed by atoms with Crippen molar-refractivity contribution in [2.24, 2.45) is 0 Å². The SMILES string of the molecule is O=C(O)C1Cn2cnnc2CN1C(=O)c1ccc(OC(F)F)cc1. The molecule has 1 amide bonds. The lowest BCUT2D eigenvalue weighted by molar-refractivity contribution is -0.143. The van der Waals surface area contributed by atoms with Gasteiger partial charge in [-0.05, 0) is 24.3 Å². The van der Waals surface area contributed by atoms with E-state index in [9.17, 15) is 23.5 Å². The number of alkyl halides is 2. The molecular weight excluding hydrogens is 326 g/mol. The van der Waals surface area contributed by atoms with Gasteiger partial charge in [0.05, 0.1) is 13.1 Å². The van der Waals surface area contributed by atoms with E-state index in [-0.39, 0.29) is 24.4 Å². The molecule has 0 bridgehead atoms. The highest BCUT2D eigenvalue weighted by Gasteiger charge is 2.35. The fourth-order valence-electron chi connectivity index (χ4n) is 2.47. The Labute approximate surface area is 134 Å².